The topological polar surface area (TPSA) is 29.9 Å². The van der Waals surface area contributed by atoms with Crippen LogP contribution in [0.5, 0.6) is 0 Å². The minimum Gasteiger partial charge on any atom is -0.385 e. The minimum absolute atomic E-state index is 1.09. The molecule has 0 aromatic carbocycles. The van der Waals surface area contributed by atoms with Crippen LogP contribution in [0.15, 0.2) is 6.20 Å². The third-order valence-electron chi connectivity index (χ3n) is 2.00. The Kier molecular flexibility index (Phi) is 1.16. The Morgan fingerprint density at radius 2 is 2.60 bits per heavy atom. The van der Waals surface area contributed by atoms with Crippen molar-refractivity contribution in [3.05, 3.63) is 11.9 Å². The molecule has 1 aromatic heterocycles. The van der Waals surface area contributed by atoms with Crippen molar-refractivity contribution in [2.45, 2.75) is 19.4 Å². The van der Waals surface area contributed by atoms with Crippen molar-refractivity contribution in [2.24, 2.45) is 0 Å². The van der Waals surface area contributed by atoms with Crippen molar-refractivity contribution in [1.29, 1.82) is 0 Å². The van der Waals surface area contributed by atoms with E-state index in [1.807, 2.05) is 13.2 Å². The fraction of sp³-hybridized carbons (Fsp3) is 0.571. The third kappa shape index (κ3) is 0.632. The van der Waals surface area contributed by atoms with Crippen LogP contribution in [-0.4, -0.2) is 16.8 Å². The van der Waals surface area contributed by atoms with E-state index >= 15 is 0 Å². The molecule has 0 amide bonds. The number of hydrogen-bond donors (Lipinski definition) is 1. The number of nitrogens with one attached hydrogen (secondary N) is 1. The van der Waals surface area contributed by atoms with E-state index in [2.05, 4.69) is 15.1 Å². The van der Waals surface area contributed by atoms with Crippen molar-refractivity contribution in [2.75, 3.05) is 12.4 Å². The predicted molar refractivity (Wildman–Crippen MR) is 40.1 cm³/mol. The lowest BCUT2D eigenvalue weighted by atomic mass is 10.3. The lowest BCUT2D eigenvalue weighted by molar-refractivity contribution is 0.656. The number of anilines is 1. The Balaban J connectivity index is 2.44. The predicted octanol–water partition coefficient (Wildman–Crippen LogP) is 0.871. The van der Waals surface area contributed by atoms with Crippen LogP contribution in [0.3, 0.4) is 0 Å². The first-order valence-electron chi connectivity index (χ1n) is 3.64. The Morgan fingerprint density at radius 3 is 3.40 bits per heavy atom. The summed E-state index contributed by atoms with van der Waals surface area (Å²) >= 11 is 0. The van der Waals surface area contributed by atoms with Gasteiger partial charge in [-0.3, -0.25) is 4.68 Å². The maximum Gasteiger partial charge on any atom is 0.0756 e. The molecule has 3 nitrogen and oxygen atoms in total. The van der Waals surface area contributed by atoms with Gasteiger partial charge in [-0.2, -0.15) is 5.10 Å². The molecule has 10 heavy (non-hydrogen) atoms. The second-order valence-corrected chi connectivity index (χ2v) is 2.58. The van der Waals surface area contributed by atoms with Crippen LogP contribution in [0.2, 0.25) is 0 Å². The second-order valence-electron chi connectivity index (χ2n) is 2.58. The highest BCUT2D eigenvalue weighted by Crippen LogP contribution is 2.21. The fourth-order valence-electron chi connectivity index (χ4n) is 1.47. The molecule has 2 heterocycles. The molecule has 3 heteroatoms. The van der Waals surface area contributed by atoms with E-state index in [4.69, 9.17) is 0 Å². The third-order valence-corrected chi connectivity index (χ3v) is 2.00. The van der Waals surface area contributed by atoms with E-state index in [9.17, 15) is 0 Å². The van der Waals surface area contributed by atoms with Gasteiger partial charge in [-0.1, -0.05) is 0 Å². The average Bonchev–Trinajstić information content (AvgIpc) is 2.44. The molecule has 1 aliphatic heterocycles. The summed E-state index contributed by atoms with van der Waals surface area (Å²) in [6.07, 6.45) is 4.32. The molecule has 0 atom stereocenters. The van der Waals surface area contributed by atoms with E-state index in [0.717, 1.165) is 6.54 Å². The molecule has 0 aliphatic carbocycles. The van der Waals surface area contributed by atoms with Crippen LogP contribution >= 0.6 is 0 Å². The van der Waals surface area contributed by atoms with Crippen molar-refractivity contribution in [1.82, 2.24) is 9.78 Å². The highest BCUT2D eigenvalue weighted by Gasteiger charge is 2.14. The summed E-state index contributed by atoms with van der Waals surface area (Å²) in [5, 5.41) is 7.35. The normalized spacial score (nSPS) is 15.3. The zero-order chi connectivity index (χ0) is 6.97. The number of rotatable bonds is 1. The monoisotopic (exact) mass is 137 g/mol. The molecule has 0 bridgehead atoms. The highest BCUT2D eigenvalue weighted by atomic mass is 15.3. The van der Waals surface area contributed by atoms with Gasteiger partial charge in [0.05, 0.1) is 17.6 Å². The first-order valence-corrected chi connectivity index (χ1v) is 3.64. The second kappa shape index (κ2) is 2.01. The summed E-state index contributed by atoms with van der Waals surface area (Å²) in [6, 6.07) is 0. The maximum absolute atomic E-state index is 4.22. The SMILES string of the molecule is CNc1cnn2c1CCC2. The maximum atomic E-state index is 4.22. The van der Waals surface area contributed by atoms with Gasteiger partial charge in [-0.25, -0.2) is 0 Å². The van der Waals surface area contributed by atoms with Crippen molar-refractivity contribution in [3.63, 3.8) is 0 Å². The molecule has 0 saturated carbocycles. The van der Waals surface area contributed by atoms with Crippen LogP contribution in [0.1, 0.15) is 12.1 Å². The number of aryl methyl sites for hydroxylation is 1. The van der Waals surface area contributed by atoms with E-state index in [1.165, 1.54) is 24.2 Å². The fourth-order valence-corrected chi connectivity index (χ4v) is 1.47. The smallest absolute Gasteiger partial charge is 0.0756 e. The van der Waals surface area contributed by atoms with Gasteiger partial charge in [-0.05, 0) is 12.8 Å². The summed E-state index contributed by atoms with van der Waals surface area (Å²) in [4.78, 5) is 0. The van der Waals surface area contributed by atoms with E-state index < -0.39 is 0 Å². The molecule has 1 aromatic rings. The van der Waals surface area contributed by atoms with Gasteiger partial charge < -0.3 is 5.32 Å². The summed E-state index contributed by atoms with van der Waals surface area (Å²) in [6.45, 7) is 1.09. The van der Waals surface area contributed by atoms with Crippen LogP contribution < -0.4 is 5.32 Å². The number of fused-ring (bicyclic) bond motifs is 1. The zero-order valence-corrected chi connectivity index (χ0v) is 6.09. The lowest BCUT2D eigenvalue weighted by Gasteiger charge is -1.96. The van der Waals surface area contributed by atoms with Gasteiger partial charge in [0.2, 0.25) is 0 Å². The van der Waals surface area contributed by atoms with E-state index in [1.54, 1.807) is 0 Å². The van der Waals surface area contributed by atoms with Crippen molar-refractivity contribution < 1.29 is 0 Å². The van der Waals surface area contributed by atoms with Crippen LogP contribution in [0.4, 0.5) is 5.69 Å². The lowest BCUT2D eigenvalue weighted by Crippen LogP contribution is -1.94. The van der Waals surface area contributed by atoms with Gasteiger partial charge in [0.1, 0.15) is 0 Å². The van der Waals surface area contributed by atoms with Crippen LogP contribution in [0.25, 0.3) is 0 Å². The summed E-state index contributed by atoms with van der Waals surface area (Å²) < 4.78 is 2.08. The molecule has 2 rings (SSSR count). The minimum atomic E-state index is 1.09. The van der Waals surface area contributed by atoms with Crippen molar-refractivity contribution >= 4 is 5.69 Å². The Hall–Kier alpha value is -0.990. The Morgan fingerprint density at radius 1 is 1.70 bits per heavy atom. The largest absolute Gasteiger partial charge is 0.385 e. The van der Waals surface area contributed by atoms with E-state index in [0.29, 0.717) is 0 Å². The molecule has 1 aliphatic rings. The quantitative estimate of drug-likeness (QED) is 0.622. The molecule has 54 valence electrons. The average molecular weight is 137 g/mol. The standard InChI is InChI=1S/C7H11N3/c1-8-6-5-9-10-4-2-3-7(6)10/h5,8H,2-4H2,1H3. The molecule has 0 saturated heterocycles. The van der Waals surface area contributed by atoms with Gasteiger partial charge in [-0.15, -0.1) is 0 Å². The molecule has 1 N–H and O–H groups in total. The summed E-state index contributed by atoms with van der Waals surface area (Å²) in [7, 11) is 1.94. The molecule has 0 unspecified atom stereocenters. The first-order chi connectivity index (χ1) is 4.92. The Labute approximate surface area is 60.0 Å². The number of aromatic nitrogens is 2. The molecule has 0 radical (unpaired) electrons. The van der Waals surface area contributed by atoms with Crippen LogP contribution in [-0.2, 0) is 13.0 Å². The van der Waals surface area contributed by atoms with Gasteiger partial charge in [0.25, 0.3) is 0 Å². The summed E-state index contributed by atoms with van der Waals surface area (Å²) in [5.74, 6) is 0. The molecular weight excluding hydrogens is 126 g/mol. The first kappa shape index (κ1) is 5.77. The highest BCUT2D eigenvalue weighted by molar-refractivity contribution is 5.46. The number of nitrogens with zero attached hydrogens (tertiary/aromatic N) is 2. The zero-order valence-electron chi connectivity index (χ0n) is 6.09. The number of hydrogen-bond acceptors (Lipinski definition) is 2. The van der Waals surface area contributed by atoms with Crippen LogP contribution in [0, 0.1) is 0 Å². The Bertz CT molecular complexity index is 239. The van der Waals surface area contributed by atoms with Gasteiger partial charge >= 0.3 is 0 Å². The molecule has 0 fully saturated rings. The molecule has 0 spiro atoms. The van der Waals surface area contributed by atoms with Crippen molar-refractivity contribution in [3.8, 4) is 0 Å². The van der Waals surface area contributed by atoms with Gasteiger partial charge in [0.15, 0.2) is 0 Å². The van der Waals surface area contributed by atoms with E-state index in [-0.39, 0.29) is 0 Å². The molecular formula is C7H11N3. The summed E-state index contributed by atoms with van der Waals surface area (Å²) in [5.41, 5.74) is 2.56. The van der Waals surface area contributed by atoms with Gasteiger partial charge in [0, 0.05) is 13.6 Å².